The fourth-order valence-corrected chi connectivity index (χ4v) is 1.23. The highest BCUT2D eigenvalue weighted by molar-refractivity contribution is 4.55. The first-order valence-electron chi connectivity index (χ1n) is 4.46. The van der Waals surface area contributed by atoms with E-state index in [-0.39, 0.29) is 0 Å². The maximum Gasteiger partial charge on any atom is 0.0433 e. The normalized spacial score (nSPS) is 13.5. The van der Waals surface area contributed by atoms with Gasteiger partial charge in [-0.15, -0.1) is 0 Å². The van der Waals surface area contributed by atoms with E-state index in [1.54, 1.807) is 0 Å². The Labute approximate surface area is 64.5 Å². The Hall–Kier alpha value is -0.0400. The summed E-state index contributed by atoms with van der Waals surface area (Å²) in [6.45, 7) is 4.78. The van der Waals surface area contributed by atoms with Crippen molar-refractivity contribution in [2.24, 2.45) is 5.92 Å². The number of hydrogen-bond donors (Lipinski definition) is 1. The summed E-state index contributed by atoms with van der Waals surface area (Å²) >= 11 is 0. The van der Waals surface area contributed by atoms with Gasteiger partial charge < -0.3 is 5.11 Å². The Kier molecular flexibility index (Phi) is 7.04. The van der Waals surface area contributed by atoms with Crippen molar-refractivity contribution in [3.63, 3.8) is 0 Å². The van der Waals surface area contributed by atoms with Gasteiger partial charge in [-0.05, 0) is 12.3 Å². The molecule has 0 aromatic carbocycles. The van der Waals surface area contributed by atoms with Crippen molar-refractivity contribution >= 4 is 0 Å². The van der Waals surface area contributed by atoms with Gasteiger partial charge in [-0.1, -0.05) is 39.5 Å². The monoisotopic (exact) mass is 144 g/mol. The molecule has 0 rings (SSSR count). The number of aliphatic hydroxyl groups is 1. The lowest BCUT2D eigenvalue weighted by Gasteiger charge is -2.11. The van der Waals surface area contributed by atoms with E-state index in [4.69, 9.17) is 5.11 Å². The van der Waals surface area contributed by atoms with Gasteiger partial charge in [0, 0.05) is 6.61 Å². The average molecular weight is 144 g/mol. The SMILES string of the molecule is CCCCC(CC)CCO. The van der Waals surface area contributed by atoms with Gasteiger partial charge in [-0.2, -0.15) is 0 Å². The van der Waals surface area contributed by atoms with Gasteiger partial charge in [0.15, 0.2) is 0 Å². The average Bonchev–Trinajstić information content (AvgIpc) is 1.98. The fraction of sp³-hybridized carbons (Fsp3) is 1.00. The van der Waals surface area contributed by atoms with Crippen LogP contribution in [0.2, 0.25) is 0 Å². The molecule has 0 radical (unpaired) electrons. The zero-order valence-electron chi connectivity index (χ0n) is 7.27. The molecule has 1 unspecified atom stereocenters. The summed E-state index contributed by atoms with van der Waals surface area (Å²) in [6, 6.07) is 0. The fourth-order valence-electron chi connectivity index (χ4n) is 1.23. The Balaban J connectivity index is 3.21. The summed E-state index contributed by atoms with van der Waals surface area (Å²) in [6.07, 6.45) is 6.12. The lowest BCUT2D eigenvalue weighted by molar-refractivity contribution is 0.247. The Morgan fingerprint density at radius 2 is 1.90 bits per heavy atom. The quantitative estimate of drug-likeness (QED) is 0.607. The van der Waals surface area contributed by atoms with Crippen LogP contribution in [0.1, 0.15) is 46.0 Å². The third-order valence-corrected chi connectivity index (χ3v) is 2.08. The minimum Gasteiger partial charge on any atom is -0.396 e. The van der Waals surface area contributed by atoms with Crippen LogP contribution in [0, 0.1) is 5.92 Å². The van der Waals surface area contributed by atoms with Crippen molar-refractivity contribution in [1.82, 2.24) is 0 Å². The second kappa shape index (κ2) is 7.07. The lowest BCUT2D eigenvalue weighted by atomic mass is 9.96. The van der Waals surface area contributed by atoms with Crippen LogP contribution in [-0.2, 0) is 0 Å². The van der Waals surface area contributed by atoms with Crippen LogP contribution < -0.4 is 0 Å². The summed E-state index contributed by atoms with van der Waals surface area (Å²) in [5.74, 6) is 0.768. The van der Waals surface area contributed by atoms with Crippen molar-refractivity contribution in [3.8, 4) is 0 Å². The van der Waals surface area contributed by atoms with Gasteiger partial charge in [0.25, 0.3) is 0 Å². The first-order valence-corrected chi connectivity index (χ1v) is 4.46. The molecule has 0 amide bonds. The van der Waals surface area contributed by atoms with Crippen LogP contribution in [0.25, 0.3) is 0 Å². The minimum atomic E-state index is 0.363. The molecule has 1 nitrogen and oxygen atoms in total. The number of aliphatic hydroxyl groups excluding tert-OH is 1. The van der Waals surface area contributed by atoms with E-state index in [1.165, 1.54) is 25.7 Å². The molecule has 0 aliphatic heterocycles. The van der Waals surface area contributed by atoms with E-state index in [1.807, 2.05) is 0 Å². The number of unbranched alkanes of at least 4 members (excludes halogenated alkanes) is 1. The second-order valence-electron chi connectivity index (χ2n) is 2.93. The van der Waals surface area contributed by atoms with Gasteiger partial charge in [0.05, 0.1) is 0 Å². The summed E-state index contributed by atoms with van der Waals surface area (Å²) in [4.78, 5) is 0. The minimum absolute atomic E-state index is 0.363. The highest BCUT2D eigenvalue weighted by Gasteiger charge is 2.03. The van der Waals surface area contributed by atoms with Crippen LogP contribution in [-0.4, -0.2) is 11.7 Å². The van der Waals surface area contributed by atoms with E-state index in [9.17, 15) is 0 Å². The molecule has 0 saturated carbocycles. The van der Waals surface area contributed by atoms with Crippen molar-refractivity contribution in [3.05, 3.63) is 0 Å². The molecule has 0 fully saturated rings. The Bertz CT molecular complexity index is 61.7. The van der Waals surface area contributed by atoms with Crippen molar-refractivity contribution in [2.75, 3.05) is 6.61 Å². The highest BCUT2D eigenvalue weighted by atomic mass is 16.3. The van der Waals surface area contributed by atoms with Crippen molar-refractivity contribution in [1.29, 1.82) is 0 Å². The first kappa shape index (κ1) is 9.96. The van der Waals surface area contributed by atoms with E-state index in [0.29, 0.717) is 6.61 Å². The second-order valence-corrected chi connectivity index (χ2v) is 2.93. The van der Waals surface area contributed by atoms with Gasteiger partial charge >= 0.3 is 0 Å². The van der Waals surface area contributed by atoms with Crippen LogP contribution in [0.5, 0.6) is 0 Å². The molecule has 0 aromatic heterocycles. The third-order valence-electron chi connectivity index (χ3n) is 2.08. The number of rotatable bonds is 6. The molecule has 0 aliphatic carbocycles. The molecule has 1 N–H and O–H groups in total. The zero-order chi connectivity index (χ0) is 7.82. The van der Waals surface area contributed by atoms with Gasteiger partial charge in [-0.3, -0.25) is 0 Å². The molecule has 0 saturated heterocycles. The van der Waals surface area contributed by atoms with Crippen molar-refractivity contribution in [2.45, 2.75) is 46.0 Å². The molecule has 0 aliphatic rings. The molecule has 0 bridgehead atoms. The molecule has 10 heavy (non-hydrogen) atoms. The maximum absolute atomic E-state index is 8.67. The topological polar surface area (TPSA) is 20.2 Å². The number of hydrogen-bond acceptors (Lipinski definition) is 1. The third kappa shape index (κ3) is 4.80. The van der Waals surface area contributed by atoms with Gasteiger partial charge in [0.2, 0.25) is 0 Å². The van der Waals surface area contributed by atoms with Gasteiger partial charge in [-0.25, -0.2) is 0 Å². The molecule has 1 heteroatoms. The summed E-state index contributed by atoms with van der Waals surface area (Å²) in [7, 11) is 0. The molecule has 1 atom stereocenters. The maximum atomic E-state index is 8.67. The van der Waals surface area contributed by atoms with E-state index < -0.39 is 0 Å². The first-order chi connectivity index (χ1) is 4.85. The van der Waals surface area contributed by atoms with E-state index in [0.717, 1.165) is 12.3 Å². The van der Waals surface area contributed by atoms with Crippen LogP contribution in [0.4, 0.5) is 0 Å². The lowest BCUT2D eigenvalue weighted by Crippen LogP contribution is -2.01. The molecular formula is C9H20O. The molecule has 0 spiro atoms. The molecular weight excluding hydrogens is 124 g/mol. The predicted molar refractivity (Wildman–Crippen MR) is 45.0 cm³/mol. The molecule has 62 valence electrons. The summed E-state index contributed by atoms with van der Waals surface area (Å²) < 4.78 is 0. The van der Waals surface area contributed by atoms with Crippen molar-refractivity contribution < 1.29 is 5.11 Å². The zero-order valence-corrected chi connectivity index (χ0v) is 7.27. The van der Waals surface area contributed by atoms with E-state index in [2.05, 4.69) is 13.8 Å². The van der Waals surface area contributed by atoms with E-state index >= 15 is 0 Å². The van der Waals surface area contributed by atoms with Gasteiger partial charge in [0.1, 0.15) is 0 Å². The smallest absolute Gasteiger partial charge is 0.0433 e. The largest absolute Gasteiger partial charge is 0.396 e. The molecule has 0 aromatic rings. The summed E-state index contributed by atoms with van der Waals surface area (Å²) in [5.41, 5.74) is 0. The highest BCUT2D eigenvalue weighted by Crippen LogP contribution is 2.15. The Morgan fingerprint density at radius 1 is 1.20 bits per heavy atom. The van der Waals surface area contributed by atoms with Crippen LogP contribution >= 0.6 is 0 Å². The molecule has 0 heterocycles. The summed E-state index contributed by atoms with van der Waals surface area (Å²) in [5, 5.41) is 8.67. The predicted octanol–water partition coefficient (Wildman–Crippen LogP) is 2.59. The van der Waals surface area contributed by atoms with Crippen LogP contribution in [0.15, 0.2) is 0 Å². The Morgan fingerprint density at radius 3 is 2.30 bits per heavy atom. The van der Waals surface area contributed by atoms with Crippen LogP contribution in [0.3, 0.4) is 0 Å². The standard InChI is InChI=1S/C9H20O/c1-3-5-6-9(4-2)7-8-10/h9-10H,3-8H2,1-2H3.